The van der Waals surface area contributed by atoms with E-state index < -0.39 is 0 Å². The molecule has 0 radical (unpaired) electrons. The van der Waals surface area contributed by atoms with Crippen LogP contribution in [-0.2, 0) is 0 Å². The number of allylic oxidation sites excluding steroid dienone is 2. The SMILES string of the molecule is CCCCCCCCCC=CCCCO. The van der Waals surface area contributed by atoms with Crippen molar-refractivity contribution in [3.8, 4) is 0 Å². The van der Waals surface area contributed by atoms with Gasteiger partial charge in [-0.25, -0.2) is 0 Å². The topological polar surface area (TPSA) is 20.2 Å². The zero-order chi connectivity index (χ0) is 11.2. The van der Waals surface area contributed by atoms with E-state index >= 15 is 0 Å². The minimum Gasteiger partial charge on any atom is -0.396 e. The molecule has 0 bridgehead atoms. The standard InChI is InChI=1S/C14H28O/c1-2-3-4-5-6-7-8-9-10-11-12-13-14-15/h10-11,15H,2-9,12-14H2,1H3. The van der Waals surface area contributed by atoms with E-state index in [-0.39, 0.29) is 0 Å². The van der Waals surface area contributed by atoms with Gasteiger partial charge in [-0.1, -0.05) is 57.6 Å². The van der Waals surface area contributed by atoms with Crippen LogP contribution in [0.1, 0.15) is 71.1 Å². The molecule has 0 aromatic carbocycles. The van der Waals surface area contributed by atoms with Crippen molar-refractivity contribution < 1.29 is 5.11 Å². The van der Waals surface area contributed by atoms with Gasteiger partial charge in [0, 0.05) is 6.61 Å². The number of rotatable bonds is 11. The summed E-state index contributed by atoms with van der Waals surface area (Å²) in [6.45, 7) is 2.58. The van der Waals surface area contributed by atoms with Gasteiger partial charge in [0.2, 0.25) is 0 Å². The van der Waals surface area contributed by atoms with Gasteiger partial charge < -0.3 is 5.11 Å². The van der Waals surface area contributed by atoms with E-state index in [4.69, 9.17) is 5.11 Å². The number of aliphatic hydroxyl groups is 1. The van der Waals surface area contributed by atoms with Crippen molar-refractivity contribution in [1.29, 1.82) is 0 Å². The van der Waals surface area contributed by atoms with E-state index in [0.717, 1.165) is 12.8 Å². The highest BCUT2D eigenvalue weighted by atomic mass is 16.2. The molecule has 90 valence electrons. The van der Waals surface area contributed by atoms with Crippen LogP contribution in [0.2, 0.25) is 0 Å². The summed E-state index contributed by atoms with van der Waals surface area (Å²) >= 11 is 0. The summed E-state index contributed by atoms with van der Waals surface area (Å²) in [5, 5.41) is 8.58. The zero-order valence-corrected chi connectivity index (χ0v) is 10.4. The second-order valence-corrected chi connectivity index (χ2v) is 4.25. The maximum atomic E-state index is 8.58. The zero-order valence-electron chi connectivity index (χ0n) is 10.4. The lowest BCUT2D eigenvalue weighted by atomic mass is 10.1. The second-order valence-electron chi connectivity index (χ2n) is 4.25. The minimum absolute atomic E-state index is 0.321. The van der Waals surface area contributed by atoms with Crippen LogP contribution in [0.5, 0.6) is 0 Å². The van der Waals surface area contributed by atoms with Gasteiger partial charge >= 0.3 is 0 Å². The van der Waals surface area contributed by atoms with Crippen LogP contribution in [0.15, 0.2) is 12.2 Å². The number of hydrogen-bond acceptors (Lipinski definition) is 1. The molecule has 0 fully saturated rings. The fourth-order valence-corrected chi connectivity index (χ4v) is 1.66. The highest BCUT2D eigenvalue weighted by Gasteiger charge is 1.89. The van der Waals surface area contributed by atoms with Crippen molar-refractivity contribution in [2.45, 2.75) is 71.1 Å². The fourth-order valence-electron chi connectivity index (χ4n) is 1.66. The summed E-state index contributed by atoms with van der Waals surface area (Å²) in [6.07, 6.45) is 17.3. The first kappa shape index (κ1) is 14.7. The smallest absolute Gasteiger partial charge is 0.0433 e. The van der Waals surface area contributed by atoms with Crippen LogP contribution in [0.4, 0.5) is 0 Å². The molecule has 0 atom stereocenters. The highest BCUT2D eigenvalue weighted by Crippen LogP contribution is 2.08. The molecule has 1 heteroatoms. The molecule has 0 unspecified atom stereocenters. The van der Waals surface area contributed by atoms with Gasteiger partial charge in [-0.15, -0.1) is 0 Å². The molecule has 0 spiro atoms. The lowest BCUT2D eigenvalue weighted by Crippen LogP contribution is -1.80. The summed E-state index contributed by atoms with van der Waals surface area (Å²) < 4.78 is 0. The van der Waals surface area contributed by atoms with Crippen molar-refractivity contribution in [3.05, 3.63) is 12.2 Å². The Balaban J connectivity index is 2.95. The lowest BCUT2D eigenvalue weighted by Gasteiger charge is -1.98. The van der Waals surface area contributed by atoms with Crippen LogP contribution in [0.3, 0.4) is 0 Å². The fraction of sp³-hybridized carbons (Fsp3) is 0.857. The Morgan fingerprint density at radius 3 is 1.87 bits per heavy atom. The summed E-state index contributed by atoms with van der Waals surface area (Å²) in [4.78, 5) is 0. The molecule has 0 amide bonds. The molecule has 0 aromatic rings. The van der Waals surface area contributed by atoms with E-state index in [2.05, 4.69) is 19.1 Å². The molecular formula is C14H28O. The second kappa shape index (κ2) is 13.7. The summed E-state index contributed by atoms with van der Waals surface area (Å²) in [5.41, 5.74) is 0. The van der Waals surface area contributed by atoms with Crippen molar-refractivity contribution in [2.24, 2.45) is 0 Å². The van der Waals surface area contributed by atoms with Gasteiger partial charge in [0.05, 0.1) is 0 Å². The maximum Gasteiger partial charge on any atom is 0.0433 e. The molecule has 0 heterocycles. The van der Waals surface area contributed by atoms with E-state index in [9.17, 15) is 0 Å². The molecule has 15 heavy (non-hydrogen) atoms. The Morgan fingerprint density at radius 2 is 1.27 bits per heavy atom. The Morgan fingerprint density at radius 1 is 0.733 bits per heavy atom. The van der Waals surface area contributed by atoms with E-state index in [0.29, 0.717) is 6.61 Å². The number of hydrogen-bond donors (Lipinski definition) is 1. The van der Waals surface area contributed by atoms with Crippen LogP contribution in [0, 0.1) is 0 Å². The van der Waals surface area contributed by atoms with Gasteiger partial charge in [0.25, 0.3) is 0 Å². The first-order chi connectivity index (χ1) is 7.41. The minimum atomic E-state index is 0.321. The molecule has 0 rings (SSSR count). The molecular weight excluding hydrogens is 184 g/mol. The van der Waals surface area contributed by atoms with Gasteiger partial charge in [-0.2, -0.15) is 0 Å². The molecule has 0 saturated carbocycles. The molecule has 0 saturated heterocycles. The summed E-state index contributed by atoms with van der Waals surface area (Å²) in [6, 6.07) is 0. The summed E-state index contributed by atoms with van der Waals surface area (Å²) in [7, 11) is 0. The molecule has 1 N–H and O–H groups in total. The highest BCUT2D eigenvalue weighted by molar-refractivity contribution is 4.81. The lowest BCUT2D eigenvalue weighted by molar-refractivity contribution is 0.289. The Labute approximate surface area is 95.6 Å². The molecule has 1 nitrogen and oxygen atoms in total. The van der Waals surface area contributed by atoms with Crippen LogP contribution < -0.4 is 0 Å². The number of aliphatic hydroxyl groups excluding tert-OH is 1. The van der Waals surface area contributed by atoms with E-state index in [1.165, 1.54) is 51.4 Å². The van der Waals surface area contributed by atoms with Crippen molar-refractivity contribution in [1.82, 2.24) is 0 Å². The van der Waals surface area contributed by atoms with Crippen LogP contribution >= 0.6 is 0 Å². The van der Waals surface area contributed by atoms with Crippen LogP contribution in [-0.4, -0.2) is 11.7 Å². The van der Waals surface area contributed by atoms with E-state index in [1.54, 1.807) is 0 Å². The van der Waals surface area contributed by atoms with Gasteiger partial charge in [-0.05, 0) is 25.7 Å². The average Bonchev–Trinajstić information content (AvgIpc) is 2.26. The van der Waals surface area contributed by atoms with Gasteiger partial charge in [0.1, 0.15) is 0 Å². The first-order valence-electron chi connectivity index (χ1n) is 6.67. The predicted molar refractivity (Wildman–Crippen MR) is 68.1 cm³/mol. The summed E-state index contributed by atoms with van der Waals surface area (Å²) in [5.74, 6) is 0. The monoisotopic (exact) mass is 212 g/mol. The third kappa shape index (κ3) is 13.7. The molecule has 0 aromatic heterocycles. The molecule has 0 aliphatic rings. The first-order valence-corrected chi connectivity index (χ1v) is 6.67. The van der Waals surface area contributed by atoms with Crippen LogP contribution in [0.25, 0.3) is 0 Å². The number of unbranched alkanes of at least 4 members (excludes halogenated alkanes) is 8. The van der Waals surface area contributed by atoms with Crippen molar-refractivity contribution in [3.63, 3.8) is 0 Å². The quantitative estimate of drug-likeness (QED) is 0.396. The Bertz CT molecular complexity index is 129. The third-order valence-corrected chi connectivity index (χ3v) is 2.67. The normalized spacial score (nSPS) is 11.3. The van der Waals surface area contributed by atoms with Crippen molar-refractivity contribution >= 4 is 0 Å². The predicted octanol–water partition coefficient (Wildman–Crippen LogP) is 4.46. The molecule has 0 aliphatic carbocycles. The average molecular weight is 212 g/mol. The van der Waals surface area contributed by atoms with Gasteiger partial charge in [-0.3, -0.25) is 0 Å². The largest absolute Gasteiger partial charge is 0.396 e. The Kier molecular flexibility index (Phi) is 13.4. The third-order valence-electron chi connectivity index (χ3n) is 2.67. The Hall–Kier alpha value is -0.300. The van der Waals surface area contributed by atoms with E-state index in [1.807, 2.05) is 0 Å². The maximum absolute atomic E-state index is 8.58. The van der Waals surface area contributed by atoms with Gasteiger partial charge in [0.15, 0.2) is 0 Å². The van der Waals surface area contributed by atoms with Crippen molar-refractivity contribution in [2.75, 3.05) is 6.61 Å². The molecule has 0 aliphatic heterocycles.